The van der Waals surface area contributed by atoms with Crippen LogP contribution in [0.2, 0.25) is 0 Å². The van der Waals surface area contributed by atoms with Gasteiger partial charge in [-0.1, -0.05) is 0 Å². The molecule has 0 spiro atoms. The molecule has 0 bridgehead atoms. The molecule has 0 atom stereocenters. The van der Waals surface area contributed by atoms with Crippen LogP contribution in [0.1, 0.15) is 26.8 Å². The maximum Gasteiger partial charge on any atom is 0.378 e. The van der Waals surface area contributed by atoms with Crippen LogP contribution in [0, 0.1) is 12.7 Å². The minimum atomic E-state index is -0.845. The summed E-state index contributed by atoms with van der Waals surface area (Å²) in [5.41, 5.74) is 0.841. The predicted octanol–water partition coefficient (Wildman–Crippen LogP) is 2.77. The normalized spacial score (nSPS) is 10.5. The van der Waals surface area contributed by atoms with E-state index in [2.05, 4.69) is 10.1 Å². The Morgan fingerprint density at radius 2 is 1.72 bits per heavy atom. The minimum absolute atomic E-state index is 0.202. The average molecular weight is 399 g/mol. The van der Waals surface area contributed by atoms with E-state index in [0.29, 0.717) is 28.6 Å². The van der Waals surface area contributed by atoms with Crippen molar-refractivity contribution in [3.63, 3.8) is 0 Å². The van der Waals surface area contributed by atoms with Gasteiger partial charge in [-0.3, -0.25) is 4.79 Å². The summed E-state index contributed by atoms with van der Waals surface area (Å²) >= 11 is 0. The highest BCUT2D eigenvalue weighted by atomic mass is 19.1. The number of ether oxygens (including phenoxy) is 3. The molecule has 0 saturated heterocycles. The van der Waals surface area contributed by atoms with Gasteiger partial charge in [0, 0.05) is 5.56 Å². The van der Waals surface area contributed by atoms with Crippen LogP contribution in [-0.4, -0.2) is 47.3 Å². The molecule has 0 aliphatic heterocycles. The number of methoxy groups -OCH3 is 2. The second-order valence-corrected chi connectivity index (χ2v) is 5.94. The van der Waals surface area contributed by atoms with Gasteiger partial charge >= 0.3 is 5.97 Å². The van der Waals surface area contributed by atoms with E-state index in [9.17, 15) is 14.0 Å². The molecular formula is C20H18FN3O5. The van der Waals surface area contributed by atoms with Crippen molar-refractivity contribution in [2.24, 2.45) is 0 Å². The third-order valence-electron chi connectivity index (χ3n) is 4.06. The van der Waals surface area contributed by atoms with Crippen LogP contribution in [-0.2, 0) is 4.74 Å². The van der Waals surface area contributed by atoms with Crippen LogP contribution in [0.3, 0.4) is 0 Å². The Hall–Kier alpha value is -3.75. The highest BCUT2D eigenvalue weighted by Gasteiger charge is 2.19. The van der Waals surface area contributed by atoms with E-state index >= 15 is 0 Å². The van der Waals surface area contributed by atoms with Gasteiger partial charge in [0.1, 0.15) is 11.6 Å². The molecule has 3 rings (SSSR count). The molecule has 9 heteroatoms. The summed E-state index contributed by atoms with van der Waals surface area (Å²) < 4.78 is 29.8. The monoisotopic (exact) mass is 399 g/mol. The number of benzene rings is 2. The number of hydrogen-bond acceptors (Lipinski definition) is 7. The van der Waals surface area contributed by atoms with E-state index < -0.39 is 18.4 Å². The molecule has 8 nitrogen and oxygen atoms in total. The van der Waals surface area contributed by atoms with Crippen molar-refractivity contribution >= 4 is 11.8 Å². The number of ketones is 1. The lowest BCUT2D eigenvalue weighted by Crippen LogP contribution is -2.15. The first-order chi connectivity index (χ1) is 13.9. The second kappa shape index (κ2) is 8.51. The summed E-state index contributed by atoms with van der Waals surface area (Å²) in [5.74, 6) is -0.578. The van der Waals surface area contributed by atoms with E-state index in [1.54, 1.807) is 19.1 Å². The van der Waals surface area contributed by atoms with Crippen molar-refractivity contribution < 1.29 is 28.2 Å². The van der Waals surface area contributed by atoms with Gasteiger partial charge in [0.25, 0.3) is 5.82 Å². The molecule has 0 radical (unpaired) electrons. The largest absolute Gasteiger partial charge is 0.493 e. The van der Waals surface area contributed by atoms with Crippen molar-refractivity contribution in [1.82, 2.24) is 14.8 Å². The number of carbonyl (C=O) groups is 2. The number of nitrogens with zero attached hydrogens (tertiary/aromatic N) is 3. The summed E-state index contributed by atoms with van der Waals surface area (Å²) in [7, 11) is 2.94. The molecule has 0 saturated carbocycles. The summed E-state index contributed by atoms with van der Waals surface area (Å²) in [5, 5.41) is 4.07. The number of hydrogen-bond donors (Lipinski definition) is 0. The average Bonchev–Trinajstić information content (AvgIpc) is 3.13. The van der Waals surface area contributed by atoms with Gasteiger partial charge in [-0.2, -0.15) is 0 Å². The predicted molar refractivity (Wildman–Crippen MR) is 100 cm³/mol. The third kappa shape index (κ3) is 4.40. The van der Waals surface area contributed by atoms with Crippen LogP contribution in [0.5, 0.6) is 11.5 Å². The molecule has 0 aliphatic rings. The molecule has 1 aromatic heterocycles. The van der Waals surface area contributed by atoms with Crippen molar-refractivity contribution in [2.45, 2.75) is 6.92 Å². The van der Waals surface area contributed by atoms with Crippen molar-refractivity contribution in [2.75, 3.05) is 20.8 Å². The van der Waals surface area contributed by atoms with Crippen LogP contribution < -0.4 is 9.47 Å². The molecule has 0 unspecified atom stereocenters. The first kappa shape index (κ1) is 20.0. The maximum atomic E-state index is 13.1. The zero-order chi connectivity index (χ0) is 21.0. The molecule has 3 aromatic rings. The van der Waals surface area contributed by atoms with Gasteiger partial charge in [-0.05, 0) is 49.4 Å². The Kier molecular flexibility index (Phi) is 5.87. The molecule has 150 valence electrons. The SMILES string of the molecule is COc1ccc(C(=O)COC(=O)c2nc(C)n(-c3ccc(F)cc3)n2)cc1OC. The van der Waals surface area contributed by atoms with Crippen molar-refractivity contribution in [3.8, 4) is 17.2 Å². The Labute approximate surface area is 165 Å². The van der Waals surface area contributed by atoms with Gasteiger partial charge in [0.05, 0.1) is 19.9 Å². The molecule has 0 fully saturated rings. The molecule has 2 aromatic carbocycles. The Balaban J connectivity index is 1.69. The highest BCUT2D eigenvalue weighted by Crippen LogP contribution is 2.27. The van der Waals surface area contributed by atoms with Gasteiger partial charge in [0.2, 0.25) is 0 Å². The molecule has 1 heterocycles. The maximum absolute atomic E-state index is 13.1. The standard InChI is InChI=1S/C20H18FN3O5/c1-12-22-19(23-24(12)15-7-5-14(21)6-8-15)20(26)29-11-16(25)13-4-9-17(27-2)18(10-13)28-3/h4-10H,11H2,1-3H3. The first-order valence-corrected chi connectivity index (χ1v) is 8.55. The quantitative estimate of drug-likeness (QED) is 0.445. The molecule has 0 N–H and O–H groups in total. The second-order valence-electron chi connectivity index (χ2n) is 5.94. The van der Waals surface area contributed by atoms with E-state index in [4.69, 9.17) is 14.2 Å². The van der Waals surface area contributed by atoms with Gasteiger partial charge < -0.3 is 14.2 Å². The van der Waals surface area contributed by atoms with Gasteiger partial charge in [-0.25, -0.2) is 18.9 Å². The van der Waals surface area contributed by atoms with Crippen LogP contribution in [0.25, 0.3) is 5.69 Å². The topological polar surface area (TPSA) is 92.5 Å². The summed E-state index contributed by atoms with van der Waals surface area (Å²) in [6.45, 7) is 1.15. The first-order valence-electron chi connectivity index (χ1n) is 8.55. The fourth-order valence-electron chi connectivity index (χ4n) is 2.59. The lowest BCUT2D eigenvalue weighted by atomic mass is 10.1. The van der Waals surface area contributed by atoms with E-state index in [0.717, 1.165) is 0 Å². The van der Waals surface area contributed by atoms with E-state index in [1.165, 1.54) is 49.2 Å². The van der Waals surface area contributed by atoms with Crippen LogP contribution in [0.15, 0.2) is 42.5 Å². The minimum Gasteiger partial charge on any atom is -0.493 e. The summed E-state index contributed by atoms with van der Waals surface area (Å²) in [4.78, 5) is 28.6. The van der Waals surface area contributed by atoms with Gasteiger partial charge in [-0.15, -0.1) is 5.10 Å². The molecule has 0 aliphatic carbocycles. The highest BCUT2D eigenvalue weighted by molar-refractivity contribution is 5.99. The smallest absolute Gasteiger partial charge is 0.378 e. The number of Topliss-reactive ketones (excluding diaryl/α,β-unsaturated/α-hetero) is 1. The van der Waals surface area contributed by atoms with Crippen LogP contribution in [0.4, 0.5) is 4.39 Å². The lowest BCUT2D eigenvalue weighted by molar-refractivity contribution is 0.0462. The number of aromatic nitrogens is 3. The number of rotatable bonds is 7. The lowest BCUT2D eigenvalue weighted by Gasteiger charge is -2.09. The Morgan fingerprint density at radius 1 is 1.03 bits per heavy atom. The zero-order valence-corrected chi connectivity index (χ0v) is 16.0. The molecule has 29 heavy (non-hydrogen) atoms. The fraction of sp³-hybridized carbons (Fsp3) is 0.200. The van der Waals surface area contributed by atoms with Crippen molar-refractivity contribution in [3.05, 3.63) is 65.5 Å². The van der Waals surface area contributed by atoms with E-state index in [-0.39, 0.29) is 11.6 Å². The van der Waals surface area contributed by atoms with Gasteiger partial charge in [0.15, 0.2) is 23.9 Å². The Morgan fingerprint density at radius 3 is 2.38 bits per heavy atom. The summed E-state index contributed by atoms with van der Waals surface area (Å²) in [6, 6.07) is 10.2. The summed E-state index contributed by atoms with van der Waals surface area (Å²) in [6.07, 6.45) is 0. The zero-order valence-electron chi connectivity index (χ0n) is 16.0. The van der Waals surface area contributed by atoms with Crippen LogP contribution >= 0.6 is 0 Å². The number of carbonyl (C=O) groups excluding carboxylic acids is 2. The Bertz CT molecular complexity index is 1050. The van der Waals surface area contributed by atoms with Crippen molar-refractivity contribution in [1.29, 1.82) is 0 Å². The molecule has 0 amide bonds. The number of esters is 1. The number of aryl methyl sites for hydroxylation is 1. The fourth-order valence-corrected chi connectivity index (χ4v) is 2.59. The van der Waals surface area contributed by atoms with E-state index in [1.807, 2.05) is 0 Å². The number of halogens is 1. The third-order valence-corrected chi connectivity index (χ3v) is 4.06. The molecular weight excluding hydrogens is 381 g/mol.